The molecule has 2 amide bonds. The van der Waals surface area contributed by atoms with Gasteiger partial charge in [-0.05, 0) is 49.7 Å². The van der Waals surface area contributed by atoms with Crippen LogP contribution in [0.3, 0.4) is 0 Å². The molecule has 3 rings (SSSR count). The first-order valence-corrected chi connectivity index (χ1v) is 9.54. The number of ether oxygens (including phenoxy) is 2. The van der Waals surface area contributed by atoms with Crippen LogP contribution >= 0.6 is 0 Å². The fourth-order valence-electron chi connectivity index (χ4n) is 3.05. The molecule has 30 heavy (non-hydrogen) atoms. The van der Waals surface area contributed by atoms with Gasteiger partial charge in [-0.2, -0.15) is 0 Å². The Kier molecular flexibility index (Phi) is 6.46. The van der Waals surface area contributed by atoms with E-state index in [9.17, 15) is 19.2 Å². The Hall–Kier alpha value is -3.68. The van der Waals surface area contributed by atoms with E-state index in [1.54, 1.807) is 56.3 Å². The summed E-state index contributed by atoms with van der Waals surface area (Å²) in [6, 6.07) is 11.5. The third-order valence-corrected chi connectivity index (χ3v) is 4.68. The van der Waals surface area contributed by atoms with Gasteiger partial charge in [-0.15, -0.1) is 0 Å². The maximum atomic E-state index is 12.3. The van der Waals surface area contributed by atoms with Crippen LogP contribution in [0.4, 0.5) is 5.69 Å². The number of anilines is 1. The van der Waals surface area contributed by atoms with Crippen LogP contribution in [0.25, 0.3) is 0 Å². The van der Waals surface area contributed by atoms with Crippen molar-refractivity contribution in [2.45, 2.75) is 19.8 Å². The van der Waals surface area contributed by atoms with Crippen LogP contribution in [-0.4, -0.2) is 43.3 Å². The molecule has 1 heterocycles. The lowest BCUT2D eigenvalue weighted by Crippen LogP contribution is -2.31. The van der Waals surface area contributed by atoms with Crippen LogP contribution < -0.4 is 15.4 Å². The minimum absolute atomic E-state index is 0.123. The molecular formula is C22H22N2O6. The van der Waals surface area contributed by atoms with Crippen molar-refractivity contribution in [2.75, 3.05) is 25.1 Å². The third kappa shape index (κ3) is 4.65. The van der Waals surface area contributed by atoms with Crippen molar-refractivity contribution in [3.63, 3.8) is 0 Å². The van der Waals surface area contributed by atoms with Crippen LogP contribution in [0.5, 0.6) is 5.75 Å². The van der Waals surface area contributed by atoms with Gasteiger partial charge in [0.1, 0.15) is 12.3 Å². The van der Waals surface area contributed by atoms with E-state index in [1.807, 2.05) is 0 Å². The predicted octanol–water partition coefficient (Wildman–Crippen LogP) is 2.30. The van der Waals surface area contributed by atoms with E-state index < -0.39 is 24.3 Å². The molecule has 0 unspecified atom stereocenters. The van der Waals surface area contributed by atoms with Crippen molar-refractivity contribution in [2.24, 2.45) is 0 Å². The second kappa shape index (κ2) is 9.21. The second-order valence-electron chi connectivity index (χ2n) is 6.71. The molecule has 8 nitrogen and oxygen atoms in total. The van der Waals surface area contributed by atoms with E-state index in [4.69, 9.17) is 9.47 Å². The number of carbonyl (C=O) groups excluding carboxylic acids is 4. The summed E-state index contributed by atoms with van der Waals surface area (Å²) in [5.41, 5.74) is 2.06. The molecule has 0 radical (unpaired) electrons. The largest absolute Gasteiger partial charge is 0.493 e. The summed E-state index contributed by atoms with van der Waals surface area (Å²) < 4.78 is 10.4. The van der Waals surface area contributed by atoms with Gasteiger partial charge in [0, 0.05) is 11.3 Å². The molecule has 0 saturated carbocycles. The number of nitrogens with one attached hydrogen (secondary N) is 2. The van der Waals surface area contributed by atoms with Gasteiger partial charge in [-0.1, -0.05) is 12.1 Å². The zero-order valence-corrected chi connectivity index (χ0v) is 16.7. The van der Waals surface area contributed by atoms with Crippen molar-refractivity contribution >= 4 is 29.3 Å². The number of esters is 1. The van der Waals surface area contributed by atoms with Gasteiger partial charge in [0.15, 0.2) is 12.4 Å². The monoisotopic (exact) mass is 410 g/mol. The van der Waals surface area contributed by atoms with Gasteiger partial charge in [-0.3, -0.25) is 19.2 Å². The summed E-state index contributed by atoms with van der Waals surface area (Å²) in [5.74, 6) is -1.66. The summed E-state index contributed by atoms with van der Waals surface area (Å²) in [6.45, 7) is 3.12. The fraction of sp³-hybridized carbons (Fsp3) is 0.273. The molecule has 1 aliphatic heterocycles. The van der Waals surface area contributed by atoms with Gasteiger partial charge in [-0.25, -0.2) is 0 Å². The minimum atomic E-state index is -0.739. The Balaban J connectivity index is 1.51. The SMILES string of the molecule is CCOc1ccccc1C(=O)NCC(=O)OCC(=O)c1ccc2c(c1)[C@@H](C)C(=O)N2. The Morgan fingerprint density at radius 3 is 2.67 bits per heavy atom. The molecule has 0 aliphatic carbocycles. The number of fused-ring (bicyclic) bond motifs is 1. The molecule has 1 atom stereocenters. The van der Waals surface area contributed by atoms with Gasteiger partial charge >= 0.3 is 5.97 Å². The second-order valence-corrected chi connectivity index (χ2v) is 6.71. The summed E-state index contributed by atoms with van der Waals surface area (Å²) in [6.07, 6.45) is 0. The molecule has 156 valence electrons. The molecule has 0 spiro atoms. The van der Waals surface area contributed by atoms with E-state index >= 15 is 0 Å². The van der Waals surface area contributed by atoms with E-state index in [2.05, 4.69) is 10.6 Å². The molecule has 8 heteroatoms. The number of amides is 2. The molecule has 2 N–H and O–H groups in total. The van der Waals surface area contributed by atoms with Gasteiger partial charge in [0.2, 0.25) is 5.91 Å². The minimum Gasteiger partial charge on any atom is -0.493 e. The lowest BCUT2D eigenvalue weighted by molar-refractivity contribution is -0.141. The van der Waals surface area contributed by atoms with Crippen molar-refractivity contribution < 1.29 is 28.7 Å². The van der Waals surface area contributed by atoms with Gasteiger partial charge in [0.25, 0.3) is 5.91 Å². The Morgan fingerprint density at radius 1 is 1.13 bits per heavy atom. The molecule has 0 fully saturated rings. The topological polar surface area (TPSA) is 111 Å². The molecule has 0 aromatic heterocycles. The number of ketones is 1. The number of hydrogen-bond donors (Lipinski definition) is 2. The van der Waals surface area contributed by atoms with E-state index in [-0.39, 0.29) is 18.4 Å². The van der Waals surface area contributed by atoms with Crippen molar-refractivity contribution in [1.29, 1.82) is 0 Å². The van der Waals surface area contributed by atoms with E-state index in [1.165, 1.54) is 0 Å². The van der Waals surface area contributed by atoms with Crippen LogP contribution in [0.15, 0.2) is 42.5 Å². The summed E-state index contributed by atoms with van der Waals surface area (Å²) >= 11 is 0. The third-order valence-electron chi connectivity index (χ3n) is 4.68. The Bertz CT molecular complexity index is 1000. The predicted molar refractivity (Wildman–Crippen MR) is 109 cm³/mol. The maximum Gasteiger partial charge on any atom is 0.325 e. The molecule has 0 saturated heterocycles. The number of hydrogen-bond acceptors (Lipinski definition) is 6. The summed E-state index contributed by atoms with van der Waals surface area (Å²) in [5, 5.41) is 5.19. The smallest absolute Gasteiger partial charge is 0.325 e. The van der Waals surface area contributed by atoms with Crippen molar-refractivity contribution in [1.82, 2.24) is 5.32 Å². The number of carbonyl (C=O) groups is 4. The number of benzene rings is 2. The zero-order valence-electron chi connectivity index (χ0n) is 16.7. The highest BCUT2D eigenvalue weighted by molar-refractivity contribution is 6.05. The Morgan fingerprint density at radius 2 is 1.90 bits per heavy atom. The molecular weight excluding hydrogens is 388 g/mol. The quantitative estimate of drug-likeness (QED) is 0.510. The van der Waals surface area contributed by atoms with Crippen LogP contribution in [-0.2, 0) is 14.3 Å². The first kappa shape index (κ1) is 21.0. The van der Waals surface area contributed by atoms with E-state index in [0.717, 1.165) is 5.56 Å². The highest BCUT2D eigenvalue weighted by Gasteiger charge is 2.27. The van der Waals surface area contributed by atoms with Crippen LogP contribution in [0.2, 0.25) is 0 Å². The van der Waals surface area contributed by atoms with Crippen LogP contribution in [0, 0.1) is 0 Å². The fourth-order valence-corrected chi connectivity index (χ4v) is 3.05. The standard InChI is InChI=1S/C22H22N2O6/c1-3-29-19-7-5-4-6-15(19)22(28)23-11-20(26)30-12-18(25)14-8-9-17-16(10-14)13(2)21(27)24-17/h4-10,13H,3,11-12H2,1-2H3,(H,23,28)(H,24,27)/t13-/m1/s1. The van der Waals surface area contributed by atoms with Crippen molar-refractivity contribution in [3.05, 3.63) is 59.2 Å². The van der Waals surface area contributed by atoms with E-state index in [0.29, 0.717) is 29.2 Å². The molecule has 2 aromatic carbocycles. The molecule has 2 aromatic rings. The summed E-state index contributed by atoms with van der Waals surface area (Å²) in [7, 11) is 0. The highest BCUT2D eigenvalue weighted by atomic mass is 16.5. The zero-order chi connectivity index (χ0) is 21.7. The number of rotatable bonds is 8. The average molecular weight is 410 g/mol. The average Bonchev–Trinajstić information content (AvgIpc) is 3.04. The lowest BCUT2D eigenvalue weighted by Gasteiger charge is -2.10. The first-order chi connectivity index (χ1) is 14.4. The molecule has 1 aliphatic rings. The normalized spacial score (nSPS) is 14.5. The van der Waals surface area contributed by atoms with Crippen molar-refractivity contribution in [3.8, 4) is 5.75 Å². The summed E-state index contributed by atoms with van der Waals surface area (Å²) in [4.78, 5) is 48.2. The maximum absolute atomic E-state index is 12.3. The van der Waals surface area contributed by atoms with Crippen LogP contribution in [0.1, 0.15) is 46.0 Å². The number of para-hydroxylation sites is 1. The van der Waals surface area contributed by atoms with Gasteiger partial charge in [0.05, 0.1) is 18.1 Å². The lowest BCUT2D eigenvalue weighted by atomic mass is 9.99. The first-order valence-electron chi connectivity index (χ1n) is 9.54. The Labute approximate surface area is 173 Å². The number of Topliss-reactive ketones (excluding diaryl/α,β-unsaturated/α-hetero) is 1. The van der Waals surface area contributed by atoms with Gasteiger partial charge < -0.3 is 20.1 Å². The highest BCUT2D eigenvalue weighted by Crippen LogP contribution is 2.32. The molecule has 0 bridgehead atoms.